The molecule has 0 aliphatic rings. The van der Waals surface area contributed by atoms with Crippen LogP contribution < -0.4 is 4.74 Å². The Morgan fingerprint density at radius 1 is 1.24 bits per heavy atom. The summed E-state index contributed by atoms with van der Waals surface area (Å²) in [5.41, 5.74) is 1.22. The highest BCUT2D eigenvalue weighted by Crippen LogP contribution is 2.12. The Hall–Kier alpha value is -1.46. The molecule has 0 saturated carbocycles. The van der Waals surface area contributed by atoms with Gasteiger partial charge in [-0.3, -0.25) is 0 Å². The zero-order valence-corrected chi connectivity index (χ0v) is 11.3. The van der Waals surface area contributed by atoms with E-state index in [0.29, 0.717) is 0 Å². The summed E-state index contributed by atoms with van der Waals surface area (Å²) in [4.78, 5) is 0. The maximum Gasteiger partial charge on any atom is 0.186 e. The molecule has 0 saturated heterocycles. The Balaban J connectivity index is 0. The summed E-state index contributed by atoms with van der Waals surface area (Å²) in [6, 6.07) is 7.71. The molecule has 0 aromatic heterocycles. The summed E-state index contributed by atoms with van der Waals surface area (Å²) in [6.45, 7) is 8.32. The second-order valence-corrected chi connectivity index (χ2v) is 4.01. The van der Waals surface area contributed by atoms with Crippen molar-refractivity contribution >= 4 is 0 Å². The third kappa shape index (κ3) is 12.5. The molecule has 0 radical (unpaired) electrons. The van der Waals surface area contributed by atoms with Crippen LogP contribution in [0.15, 0.2) is 24.3 Å². The van der Waals surface area contributed by atoms with Gasteiger partial charge in [0.05, 0.1) is 0 Å². The number of rotatable bonds is 3. The SMILES string of the molecule is C#C.CC(C)C.CCc1cccc(OCO)c1. The number of aryl methyl sites for hydroxylation is 1. The van der Waals surface area contributed by atoms with E-state index in [1.807, 2.05) is 24.3 Å². The summed E-state index contributed by atoms with van der Waals surface area (Å²) in [6.07, 6.45) is 8.99. The first-order chi connectivity index (χ1) is 8.10. The van der Waals surface area contributed by atoms with Gasteiger partial charge in [-0.2, -0.15) is 0 Å². The van der Waals surface area contributed by atoms with E-state index in [1.54, 1.807) is 0 Å². The van der Waals surface area contributed by atoms with Crippen molar-refractivity contribution < 1.29 is 9.84 Å². The summed E-state index contributed by atoms with van der Waals surface area (Å²) >= 11 is 0. The van der Waals surface area contributed by atoms with Gasteiger partial charge in [-0.1, -0.05) is 39.8 Å². The van der Waals surface area contributed by atoms with Gasteiger partial charge in [0.25, 0.3) is 0 Å². The number of hydrogen-bond donors (Lipinski definition) is 1. The molecule has 0 aliphatic carbocycles. The lowest BCUT2D eigenvalue weighted by atomic mass is 10.2. The second-order valence-electron chi connectivity index (χ2n) is 4.01. The molecule has 0 bridgehead atoms. The van der Waals surface area contributed by atoms with Crippen LogP contribution in [0.1, 0.15) is 33.3 Å². The van der Waals surface area contributed by atoms with E-state index in [0.717, 1.165) is 18.1 Å². The minimum atomic E-state index is -0.257. The van der Waals surface area contributed by atoms with Crippen molar-refractivity contribution in [3.63, 3.8) is 0 Å². The van der Waals surface area contributed by atoms with Gasteiger partial charge in [0, 0.05) is 0 Å². The van der Waals surface area contributed by atoms with Crippen molar-refractivity contribution in [3.05, 3.63) is 29.8 Å². The highest BCUT2D eigenvalue weighted by molar-refractivity contribution is 5.28. The van der Waals surface area contributed by atoms with Crippen molar-refractivity contribution in [2.24, 2.45) is 5.92 Å². The zero-order chi connectivity index (χ0) is 13.7. The topological polar surface area (TPSA) is 29.5 Å². The minimum absolute atomic E-state index is 0.257. The van der Waals surface area contributed by atoms with E-state index in [2.05, 4.69) is 40.5 Å². The molecule has 2 heteroatoms. The summed E-state index contributed by atoms with van der Waals surface area (Å²) < 4.78 is 4.90. The molecule has 0 fully saturated rings. The average molecular weight is 236 g/mol. The third-order valence-electron chi connectivity index (χ3n) is 1.54. The second kappa shape index (κ2) is 12.6. The molecule has 0 unspecified atom stereocenters. The molecule has 0 atom stereocenters. The number of benzene rings is 1. The maximum atomic E-state index is 8.46. The van der Waals surface area contributed by atoms with Gasteiger partial charge in [0.1, 0.15) is 5.75 Å². The summed E-state index contributed by atoms with van der Waals surface area (Å²) in [5, 5.41) is 8.46. The number of aliphatic hydroxyl groups is 1. The summed E-state index contributed by atoms with van der Waals surface area (Å²) in [5.74, 6) is 1.56. The molecule has 2 nitrogen and oxygen atoms in total. The number of terminal acetylenes is 1. The Morgan fingerprint density at radius 3 is 2.18 bits per heavy atom. The van der Waals surface area contributed by atoms with Crippen LogP contribution in [0.2, 0.25) is 0 Å². The quantitative estimate of drug-likeness (QED) is 0.643. The van der Waals surface area contributed by atoms with Crippen molar-refractivity contribution in [1.82, 2.24) is 0 Å². The highest BCUT2D eigenvalue weighted by Gasteiger charge is 1.92. The average Bonchev–Trinajstić information content (AvgIpc) is 2.32. The lowest BCUT2D eigenvalue weighted by molar-refractivity contribution is 0.0985. The minimum Gasteiger partial charge on any atom is -0.468 e. The third-order valence-corrected chi connectivity index (χ3v) is 1.54. The molecule has 1 N–H and O–H groups in total. The molecule has 1 aromatic rings. The highest BCUT2D eigenvalue weighted by atomic mass is 16.6. The Bertz CT molecular complexity index is 287. The molecule has 17 heavy (non-hydrogen) atoms. The molecule has 1 rings (SSSR count). The first-order valence-electron chi connectivity index (χ1n) is 5.76. The predicted molar refractivity (Wildman–Crippen MR) is 73.9 cm³/mol. The standard InChI is InChI=1S/C9H12O2.C4H10.C2H2/c1-2-8-4-3-5-9(6-8)11-7-10;1-4(2)3;1-2/h3-6,10H,2,7H2,1H3;4H,1-3H3;1-2H. The fraction of sp³-hybridized carbons (Fsp3) is 0.467. The number of ether oxygens (including phenoxy) is 1. The van der Waals surface area contributed by atoms with Crippen LogP contribution in [-0.4, -0.2) is 11.9 Å². The first-order valence-corrected chi connectivity index (χ1v) is 5.76. The van der Waals surface area contributed by atoms with E-state index >= 15 is 0 Å². The van der Waals surface area contributed by atoms with Crippen molar-refractivity contribution in [3.8, 4) is 18.6 Å². The number of aliphatic hydroxyl groups excluding tert-OH is 1. The number of hydrogen-bond acceptors (Lipinski definition) is 2. The normalized spacial score (nSPS) is 8.47. The lowest BCUT2D eigenvalue weighted by Crippen LogP contribution is -1.94. The molecular formula is C15H24O2. The van der Waals surface area contributed by atoms with Crippen LogP contribution in [0.5, 0.6) is 5.75 Å². The van der Waals surface area contributed by atoms with E-state index in [-0.39, 0.29) is 6.79 Å². The van der Waals surface area contributed by atoms with Gasteiger partial charge in [0.2, 0.25) is 0 Å². The van der Waals surface area contributed by atoms with Gasteiger partial charge in [-0.25, -0.2) is 0 Å². The molecule has 0 spiro atoms. The zero-order valence-electron chi connectivity index (χ0n) is 11.3. The fourth-order valence-corrected chi connectivity index (χ4v) is 0.930. The maximum absolute atomic E-state index is 8.46. The monoisotopic (exact) mass is 236 g/mol. The van der Waals surface area contributed by atoms with E-state index in [4.69, 9.17) is 9.84 Å². The van der Waals surface area contributed by atoms with Crippen molar-refractivity contribution in [2.45, 2.75) is 34.1 Å². The Labute approximate surface area is 106 Å². The molecule has 1 aromatic carbocycles. The molecule has 0 aliphatic heterocycles. The largest absolute Gasteiger partial charge is 0.468 e. The van der Waals surface area contributed by atoms with Gasteiger partial charge >= 0.3 is 0 Å². The van der Waals surface area contributed by atoms with Crippen LogP contribution in [0.4, 0.5) is 0 Å². The van der Waals surface area contributed by atoms with Gasteiger partial charge in [-0.15, -0.1) is 12.8 Å². The van der Waals surface area contributed by atoms with Crippen LogP contribution >= 0.6 is 0 Å². The van der Waals surface area contributed by atoms with Crippen LogP contribution in [0.25, 0.3) is 0 Å². The van der Waals surface area contributed by atoms with Crippen LogP contribution in [0, 0.1) is 18.8 Å². The van der Waals surface area contributed by atoms with Gasteiger partial charge in [0.15, 0.2) is 6.79 Å². The van der Waals surface area contributed by atoms with Gasteiger partial charge < -0.3 is 9.84 Å². The molecule has 0 heterocycles. The fourth-order valence-electron chi connectivity index (χ4n) is 0.930. The molecule has 0 amide bonds. The van der Waals surface area contributed by atoms with E-state index in [9.17, 15) is 0 Å². The summed E-state index contributed by atoms with van der Waals surface area (Å²) in [7, 11) is 0. The van der Waals surface area contributed by atoms with Crippen molar-refractivity contribution in [1.29, 1.82) is 0 Å². The predicted octanol–water partition coefficient (Wildman–Crippen LogP) is 3.49. The smallest absolute Gasteiger partial charge is 0.186 e. The van der Waals surface area contributed by atoms with Crippen LogP contribution in [0.3, 0.4) is 0 Å². The Kier molecular flexibility index (Phi) is 13.3. The van der Waals surface area contributed by atoms with Gasteiger partial charge in [-0.05, 0) is 30.0 Å². The molecular weight excluding hydrogens is 212 g/mol. The van der Waals surface area contributed by atoms with Crippen LogP contribution in [-0.2, 0) is 6.42 Å². The lowest BCUT2D eigenvalue weighted by Gasteiger charge is -2.02. The van der Waals surface area contributed by atoms with E-state index in [1.165, 1.54) is 5.56 Å². The first kappa shape index (κ1) is 17.9. The van der Waals surface area contributed by atoms with E-state index < -0.39 is 0 Å². The molecule has 96 valence electrons. The Morgan fingerprint density at radius 2 is 1.76 bits per heavy atom. The van der Waals surface area contributed by atoms with Crippen molar-refractivity contribution in [2.75, 3.05) is 6.79 Å².